The number of aliphatic hydroxyl groups excluding tert-OH is 2. The SMILES string of the molecule is C[C@H]([C@H](O)C=CC(C)(C)O)[C@H]1CC[C@@]2(C)C3=CCC4C(C)(C)[C@@H](O)CC[C@]4(C)C3=CC[C@]12C. The fourth-order valence-corrected chi connectivity index (χ4v) is 8.62. The van der Waals surface area contributed by atoms with Crippen molar-refractivity contribution < 1.29 is 15.3 Å². The zero-order valence-corrected chi connectivity index (χ0v) is 22.3. The van der Waals surface area contributed by atoms with Crippen molar-refractivity contribution in [3.8, 4) is 0 Å². The van der Waals surface area contributed by atoms with E-state index in [0.717, 1.165) is 38.5 Å². The van der Waals surface area contributed by atoms with Gasteiger partial charge in [-0.1, -0.05) is 65.8 Å². The zero-order chi connectivity index (χ0) is 24.6. The molecule has 33 heavy (non-hydrogen) atoms. The van der Waals surface area contributed by atoms with Crippen LogP contribution in [0.5, 0.6) is 0 Å². The van der Waals surface area contributed by atoms with Gasteiger partial charge in [0.2, 0.25) is 0 Å². The van der Waals surface area contributed by atoms with Gasteiger partial charge in [-0.3, -0.25) is 0 Å². The van der Waals surface area contributed by atoms with Gasteiger partial charge in [0.25, 0.3) is 0 Å². The van der Waals surface area contributed by atoms with E-state index in [-0.39, 0.29) is 33.7 Å². The van der Waals surface area contributed by atoms with Gasteiger partial charge in [0.15, 0.2) is 0 Å². The van der Waals surface area contributed by atoms with Crippen molar-refractivity contribution in [2.45, 2.75) is 112 Å². The first kappa shape index (κ1) is 25.2. The Morgan fingerprint density at radius 2 is 1.70 bits per heavy atom. The summed E-state index contributed by atoms with van der Waals surface area (Å²) in [4.78, 5) is 0. The van der Waals surface area contributed by atoms with E-state index in [1.807, 2.05) is 0 Å². The highest BCUT2D eigenvalue weighted by molar-refractivity contribution is 5.49. The first-order valence-electron chi connectivity index (χ1n) is 13.3. The van der Waals surface area contributed by atoms with Crippen LogP contribution in [0.3, 0.4) is 0 Å². The second-order valence-corrected chi connectivity index (χ2v) is 13.8. The van der Waals surface area contributed by atoms with Crippen LogP contribution >= 0.6 is 0 Å². The van der Waals surface area contributed by atoms with E-state index in [0.29, 0.717) is 11.8 Å². The van der Waals surface area contributed by atoms with Crippen molar-refractivity contribution in [2.75, 3.05) is 0 Å². The van der Waals surface area contributed by atoms with Crippen LogP contribution in [0.4, 0.5) is 0 Å². The van der Waals surface area contributed by atoms with E-state index in [1.165, 1.54) is 0 Å². The minimum absolute atomic E-state index is 0.0683. The van der Waals surface area contributed by atoms with Crippen molar-refractivity contribution in [3.05, 3.63) is 35.5 Å². The molecule has 3 N–H and O–H groups in total. The number of hydrogen-bond acceptors (Lipinski definition) is 3. The topological polar surface area (TPSA) is 60.7 Å². The summed E-state index contributed by atoms with van der Waals surface area (Å²) in [7, 11) is 0. The molecule has 186 valence electrons. The number of rotatable bonds is 4. The highest BCUT2D eigenvalue weighted by Crippen LogP contribution is 2.71. The maximum absolute atomic E-state index is 11.0. The lowest BCUT2D eigenvalue weighted by molar-refractivity contribution is -0.0853. The van der Waals surface area contributed by atoms with Crippen LogP contribution in [0.25, 0.3) is 0 Å². The molecule has 0 heterocycles. The van der Waals surface area contributed by atoms with Crippen LogP contribution in [-0.4, -0.2) is 33.1 Å². The molecular formula is C30H48O3. The molecule has 0 spiro atoms. The molecule has 0 aromatic rings. The largest absolute Gasteiger partial charge is 0.393 e. The molecular weight excluding hydrogens is 408 g/mol. The van der Waals surface area contributed by atoms with Crippen molar-refractivity contribution in [1.82, 2.24) is 0 Å². The molecule has 0 saturated heterocycles. The summed E-state index contributed by atoms with van der Waals surface area (Å²) in [6.07, 6.45) is 14.2. The summed E-state index contributed by atoms with van der Waals surface area (Å²) < 4.78 is 0. The Morgan fingerprint density at radius 3 is 2.33 bits per heavy atom. The zero-order valence-electron chi connectivity index (χ0n) is 22.3. The van der Waals surface area contributed by atoms with Gasteiger partial charge in [0.1, 0.15) is 0 Å². The highest BCUT2D eigenvalue weighted by atomic mass is 16.3. The van der Waals surface area contributed by atoms with Crippen LogP contribution in [0.2, 0.25) is 0 Å². The van der Waals surface area contributed by atoms with Gasteiger partial charge < -0.3 is 15.3 Å². The third-order valence-electron chi connectivity index (χ3n) is 11.2. The molecule has 4 rings (SSSR count). The fraction of sp³-hybridized carbons (Fsp3) is 0.800. The smallest absolute Gasteiger partial charge is 0.0772 e. The standard InChI is InChI=1S/C30H48O3/c1-19(23(31)13-15-26(2,3)33)20-11-17-30(8)22-9-10-24-27(4,5)25(32)14-16-28(24,6)21(22)12-18-29(20,30)7/h9,12-13,15,19-20,23-25,31-33H,10-11,14,16-18H2,1-8H3/t19-,20+,23+,24?,25-,28+,29+,30-/m0/s1. The quantitative estimate of drug-likeness (QED) is 0.442. The average Bonchev–Trinajstić information content (AvgIpc) is 3.00. The Kier molecular flexibility index (Phi) is 5.96. The number of hydrogen-bond donors (Lipinski definition) is 3. The third-order valence-corrected chi connectivity index (χ3v) is 11.2. The molecule has 0 aliphatic heterocycles. The second-order valence-electron chi connectivity index (χ2n) is 13.8. The molecule has 3 heteroatoms. The fourth-order valence-electron chi connectivity index (χ4n) is 8.62. The minimum Gasteiger partial charge on any atom is -0.393 e. The predicted octanol–water partition coefficient (Wildman–Crippen LogP) is 6.20. The first-order valence-corrected chi connectivity index (χ1v) is 13.3. The lowest BCUT2D eigenvalue weighted by Gasteiger charge is -2.61. The van der Waals surface area contributed by atoms with Gasteiger partial charge in [-0.25, -0.2) is 0 Å². The van der Waals surface area contributed by atoms with Gasteiger partial charge in [-0.2, -0.15) is 0 Å². The molecule has 1 unspecified atom stereocenters. The van der Waals surface area contributed by atoms with Crippen LogP contribution in [0, 0.1) is 39.4 Å². The van der Waals surface area contributed by atoms with Gasteiger partial charge in [0.05, 0.1) is 17.8 Å². The Hall–Kier alpha value is -0.900. The summed E-state index contributed by atoms with van der Waals surface area (Å²) in [5.74, 6) is 1.04. The summed E-state index contributed by atoms with van der Waals surface area (Å²) in [6.45, 7) is 17.6. The molecule has 0 aromatic heterocycles. The van der Waals surface area contributed by atoms with Crippen molar-refractivity contribution >= 4 is 0 Å². The first-order chi connectivity index (χ1) is 15.1. The Balaban J connectivity index is 1.67. The van der Waals surface area contributed by atoms with Gasteiger partial charge in [-0.05, 0) is 103 Å². The molecule has 0 radical (unpaired) electrons. The Morgan fingerprint density at radius 1 is 1.03 bits per heavy atom. The maximum Gasteiger partial charge on any atom is 0.0772 e. The molecule has 8 atom stereocenters. The van der Waals surface area contributed by atoms with Gasteiger partial charge >= 0.3 is 0 Å². The maximum atomic E-state index is 11.0. The molecule has 0 aromatic carbocycles. The van der Waals surface area contributed by atoms with Gasteiger partial charge in [0, 0.05) is 0 Å². The van der Waals surface area contributed by atoms with E-state index in [9.17, 15) is 15.3 Å². The molecule has 0 amide bonds. The second kappa shape index (κ2) is 7.80. The summed E-state index contributed by atoms with van der Waals surface area (Å²) in [5, 5.41) is 31.8. The van der Waals surface area contributed by atoms with Crippen molar-refractivity contribution in [1.29, 1.82) is 0 Å². The third kappa shape index (κ3) is 3.64. The summed E-state index contributed by atoms with van der Waals surface area (Å²) >= 11 is 0. The van der Waals surface area contributed by atoms with E-state index in [1.54, 1.807) is 37.1 Å². The summed E-state index contributed by atoms with van der Waals surface area (Å²) in [5.41, 5.74) is 2.52. The predicted molar refractivity (Wildman–Crippen MR) is 136 cm³/mol. The molecule has 3 nitrogen and oxygen atoms in total. The van der Waals surface area contributed by atoms with Crippen LogP contribution in [0.1, 0.15) is 93.9 Å². The van der Waals surface area contributed by atoms with E-state index >= 15 is 0 Å². The highest BCUT2D eigenvalue weighted by Gasteiger charge is 2.63. The monoisotopic (exact) mass is 456 g/mol. The van der Waals surface area contributed by atoms with E-state index < -0.39 is 11.7 Å². The lowest BCUT2D eigenvalue weighted by atomic mass is 9.44. The summed E-state index contributed by atoms with van der Waals surface area (Å²) in [6, 6.07) is 0. The minimum atomic E-state index is -0.905. The normalized spacial score (nSPS) is 44.4. The molecule has 2 fully saturated rings. The van der Waals surface area contributed by atoms with Crippen LogP contribution in [0.15, 0.2) is 35.5 Å². The molecule has 0 bridgehead atoms. The van der Waals surface area contributed by atoms with Crippen LogP contribution in [-0.2, 0) is 0 Å². The molecule has 4 aliphatic carbocycles. The Labute approximate surface area is 202 Å². The lowest BCUT2D eigenvalue weighted by Crippen LogP contribution is -2.54. The van der Waals surface area contributed by atoms with E-state index in [2.05, 4.69) is 53.7 Å². The molecule has 2 saturated carbocycles. The number of fused-ring (bicyclic) bond motifs is 5. The number of allylic oxidation sites excluding steroid dienone is 4. The van der Waals surface area contributed by atoms with Crippen LogP contribution < -0.4 is 0 Å². The van der Waals surface area contributed by atoms with Gasteiger partial charge in [-0.15, -0.1) is 0 Å². The molecule has 4 aliphatic rings. The average molecular weight is 457 g/mol. The van der Waals surface area contributed by atoms with E-state index in [4.69, 9.17) is 0 Å². The number of aliphatic hydroxyl groups is 3. The van der Waals surface area contributed by atoms with Crippen molar-refractivity contribution in [2.24, 2.45) is 39.4 Å². The van der Waals surface area contributed by atoms with Crippen molar-refractivity contribution in [3.63, 3.8) is 0 Å². The Bertz CT molecular complexity index is 873.